The Balaban J connectivity index is 1.82. The summed E-state index contributed by atoms with van der Waals surface area (Å²) in [5.74, 6) is -0.227. The van der Waals surface area contributed by atoms with Crippen LogP contribution < -0.4 is 5.32 Å². The highest BCUT2D eigenvalue weighted by molar-refractivity contribution is 5.83. The second kappa shape index (κ2) is 8.87. The molecule has 0 saturated carbocycles. The fourth-order valence-electron chi connectivity index (χ4n) is 2.39. The van der Waals surface area contributed by atoms with E-state index < -0.39 is 0 Å². The lowest BCUT2D eigenvalue weighted by atomic mass is 10.1. The largest absolute Gasteiger partial charge is 0.350 e. The standard InChI is InChI=1S/C20H24N2O2/c1-16-8-10-19(11-9-16)14-21-20(24)15-22(17(2)23)13-12-18-6-4-3-5-7-18/h3-11H,12-15H2,1-2H3,(H,21,24). The number of carbonyl (C=O) groups is 2. The van der Waals surface area contributed by atoms with Crippen molar-refractivity contribution in [2.75, 3.05) is 13.1 Å². The smallest absolute Gasteiger partial charge is 0.239 e. The summed E-state index contributed by atoms with van der Waals surface area (Å²) in [5, 5.41) is 2.87. The van der Waals surface area contributed by atoms with E-state index in [1.807, 2.05) is 61.5 Å². The van der Waals surface area contributed by atoms with E-state index in [9.17, 15) is 9.59 Å². The van der Waals surface area contributed by atoms with Crippen molar-refractivity contribution in [3.8, 4) is 0 Å². The minimum atomic E-state index is -0.140. The number of hydrogen-bond acceptors (Lipinski definition) is 2. The van der Waals surface area contributed by atoms with Gasteiger partial charge in [0.25, 0.3) is 0 Å². The zero-order chi connectivity index (χ0) is 17.4. The van der Waals surface area contributed by atoms with E-state index >= 15 is 0 Å². The molecule has 24 heavy (non-hydrogen) atoms. The lowest BCUT2D eigenvalue weighted by Crippen LogP contribution is -2.40. The molecule has 0 radical (unpaired) electrons. The predicted molar refractivity (Wildman–Crippen MR) is 95.4 cm³/mol. The van der Waals surface area contributed by atoms with Crippen LogP contribution in [-0.4, -0.2) is 29.8 Å². The highest BCUT2D eigenvalue weighted by atomic mass is 16.2. The first kappa shape index (κ1) is 17.7. The average Bonchev–Trinajstić information content (AvgIpc) is 2.58. The van der Waals surface area contributed by atoms with Gasteiger partial charge in [-0.05, 0) is 24.5 Å². The molecule has 2 aromatic rings. The molecule has 1 N–H and O–H groups in total. The SMILES string of the molecule is CC(=O)N(CCc1ccccc1)CC(=O)NCc1ccc(C)cc1. The van der Waals surface area contributed by atoms with Crippen molar-refractivity contribution in [2.24, 2.45) is 0 Å². The molecule has 4 nitrogen and oxygen atoms in total. The molecular weight excluding hydrogens is 300 g/mol. The number of hydrogen-bond donors (Lipinski definition) is 1. The van der Waals surface area contributed by atoms with Crippen LogP contribution in [0.4, 0.5) is 0 Å². The normalized spacial score (nSPS) is 10.2. The molecule has 0 bridgehead atoms. The van der Waals surface area contributed by atoms with E-state index in [0.717, 1.165) is 17.5 Å². The van der Waals surface area contributed by atoms with Crippen molar-refractivity contribution >= 4 is 11.8 Å². The number of benzene rings is 2. The van der Waals surface area contributed by atoms with E-state index in [1.165, 1.54) is 12.5 Å². The highest BCUT2D eigenvalue weighted by Gasteiger charge is 2.13. The quantitative estimate of drug-likeness (QED) is 0.851. The summed E-state index contributed by atoms with van der Waals surface area (Å²) in [6.07, 6.45) is 0.742. The maximum absolute atomic E-state index is 12.1. The third-order valence-corrected chi connectivity index (χ3v) is 3.90. The summed E-state index contributed by atoms with van der Waals surface area (Å²) in [7, 11) is 0. The van der Waals surface area contributed by atoms with Crippen molar-refractivity contribution in [3.63, 3.8) is 0 Å². The molecule has 0 saturated heterocycles. The Morgan fingerprint density at radius 3 is 2.25 bits per heavy atom. The molecular formula is C20H24N2O2. The van der Waals surface area contributed by atoms with Crippen LogP contribution in [0.25, 0.3) is 0 Å². The Bertz CT molecular complexity index is 666. The number of rotatable bonds is 7. The van der Waals surface area contributed by atoms with Gasteiger partial charge in [-0.25, -0.2) is 0 Å². The number of amides is 2. The molecule has 0 aliphatic carbocycles. The van der Waals surface area contributed by atoms with Gasteiger partial charge < -0.3 is 10.2 Å². The van der Waals surface area contributed by atoms with Crippen LogP contribution in [0.3, 0.4) is 0 Å². The van der Waals surface area contributed by atoms with Gasteiger partial charge in [0.05, 0.1) is 6.54 Å². The molecule has 2 rings (SSSR count). The Kier molecular flexibility index (Phi) is 6.55. The number of aryl methyl sites for hydroxylation is 1. The van der Waals surface area contributed by atoms with E-state index in [2.05, 4.69) is 5.32 Å². The maximum Gasteiger partial charge on any atom is 0.239 e. The fourth-order valence-corrected chi connectivity index (χ4v) is 2.39. The molecule has 0 aliphatic rings. The minimum Gasteiger partial charge on any atom is -0.350 e. The van der Waals surface area contributed by atoms with Crippen LogP contribution in [0, 0.1) is 6.92 Å². The number of carbonyl (C=O) groups excluding carboxylic acids is 2. The Labute approximate surface area is 143 Å². The third-order valence-electron chi connectivity index (χ3n) is 3.90. The molecule has 0 aliphatic heterocycles. The molecule has 2 amide bonds. The van der Waals surface area contributed by atoms with Crippen LogP contribution in [0.15, 0.2) is 54.6 Å². The molecule has 0 spiro atoms. The average molecular weight is 324 g/mol. The van der Waals surface area contributed by atoms with E-state index in [0.29, 0.717) is 13.1 Å². The molecule has 0 unspecified atom stereocenters. The van der Waals surface area contributed by atoms with E-state index in [-0.39, 0.29) is 18.4 Å². The van der Waals surface area contributed by atoms with Gasteiger partial charge >= 0.3 is 0 Å². The van der Waals surface area contributed by atoms with Gasteiger partial charge in [-0.2, -0.15) is 0 Å². The summed E-state index contributed by atoms with van der Waals surface area (Å²) in [6.45, 7) is 4.63. The molecule has 0 atom stereocenters. The van der Waals surface area contributed by atoms with Gasteiger partial charge in [-0.1, -0.05) is 60.2 Å². The van der Waals surface area contributed by atoms with Crippen molar-refractivity contribution in [2.45, 2.75) is 26.8 Å². The highest BCUT2D eigenvalue weighted by Crippen LogP contribution is 2.04. The van der Waals surface area contributed by atoms with Crippen molar-refractivity contribution in [3.05, 3.63) is 71.3 Å². The summed E-state index contributed by atoms with van der Waals surface area (Å²) in [6, 6.07) is 18.0. The molecule has 4 heteroatoms. The first-order valence-electron chi connectivity index (χ1n) is 8.16. The first-order chi connectivity index (χ1) is 11.5. The lowest BCUT2D eigenvalue weighted by Gasteiger charge is -2.20. The first-order valence-corrected chi connectivity index (χ1v) is 8.16. The van der Waals surface area contributed by atoms with Crippen molar-refractivity contribution in [1.29, 1.82) is 0 Å². The Morgan fingerprint density at radius 1 is 0.958 bits per heavy atom. The van der Waals surface area contributed by atoms with Crippen molar-refractivity contribution in [1.82, 2.24) is 10.2 Å². The zero-order valence-electron chi connectivity index (χ0n) is 14.3. The Morgan fingerprint density at radius 2 is 1.62 bits per heavy atom. The molecule has 0 heterocycles. The molecule has 0 aromatic heterocycles. The van der Waals surface area contributed by atoms with Crippen LogP contribution in [0.1, 0.15) is 23.6 Å². The summed E-state index contributed by atoms with van der Waals surface area (Å²) in [5.41, 5.74) is 3.39. The molecule has 126 valence electrons. The Hall–Kier alpha value is -2.62. The van der Waals surface area contributed by atoms with Gasteiger partial charge in [0.15, 0.2) is 0 Å². The van der Waals surface area contributed by atoms with Gasteiger partial charge in [0.1, 0.15) is 0 Å². The van der Waals surface area contributed by atoms with Gasteiger partial charge in [-0.3, -0.25) is 9.59 Å². The predicted octanol–water partition coefficient (Wildman–Crippen LogP) is 2.70. The molecule has 2 aromatic carbocycles. The summed E-state index contributed by atoms with van der Waals surface area (Å²) >= 11 is 0. The van der Waals surface area contributed by atoms with Crippen molar-refractivity contribution < 1.29 is 9.59 Å². The number of nitrogens with one attached hydrogen (secondary N) is 1. The van der Waals surface area contributed by atoms with Crippen LogP contribution in [-0.2, 0) is 22.6 Å². The second-order valence-electron chi connectivity index (χ2n) is 5.94. The lowest BCUT2D eigenvalue weighted by molar-refractivity contribution is -0.134. The van der Waals surface area contributed by atoms with Gasteiger partial charge in [-0.15, -0.1) is 0 Å². The zero-order valence-corrected chi connectivity index (χ0v) is 14.3. The summed E-state index contributed by atoms with van der Waals surface area (Å²) < 4.78 is 0. The van der Waals surface area contributed by atoms with E-state index in [4.69, 9.17) is 0 Å². The van der Waals surface area contributed by atoms with Crippen LogP contribution in [0.2, 0.25) is 0 Å². The van der Waals surface area contributed by atoms with E-state index in [1.54, 1.807) is 4.90 Å². The second-order valence-corrected chi connectivity index (χ2v) is 5.94. The monoisotopic (exact) mass is 324 g/mol. The number of nitrogens with zero attached hydrogens (tertiary/aromatic N) is 1. The topological polar surface area (TPSA) is 49.4 Å². The third kappa shape index (κ3) is 5.88. The summed E-state index contributed by atoms with van der Waals surface area (Å²) in [4.78, 5) is 25.4. The minimum absolute atomic E-state index is 0.0867. The van der Waals surface area contributed by atoms with Crippen LogP contribution in [0.5, 0.6) is 0 Å². The van der Waals surface area contributed by atoms with Gasteiger partial charge in [0.2, 0.25) is 11.8 Å². The maximum atomic E-state index is 12.1. The molecule has 0 fully saturated rings. The van der Waals surface area contributed by atoms with Crippen LogP contribution >= 0.6 is 0 Å². The van der Waals surface area contributed by atoms with Gasteiger partial charge in [0, 0.05) is 20.0 Å². The fraction of sp³-hybridized carbons (Fsp3) is 0.300.